The highest BCUT2D eigenvalue weighted by atomic mass is 19.1. The highest BCUT2D eigenvalue weighted by molar-refractivity contribution is 5.91. The number of hydrogen-bond donors (Lipinski definition) is 2. The van der Waals surface area contributed by atoms with E-state index in [0.29, 0.717) is 18.4 Å². The van der Waals surface area contributed by atoms with Crippen LogP contribution >= 0.6 is 0 Å². The monoisotopic (exact) mass is 368 g/mol. The first-order valence-corrected chi connectivity index (χ1v) is 8.75. The molecule has 2 aliphatic rings. The van der Waals surface area contributed by atoms with Crippen molar-refractivity contribution in [2.75, 3.05) is 19.6 Å². The molecule has 5 rings (SSSR count). The summed E-state index contributed by atoms with van der Waals surface area (Å²) in [6, 6.07) is 6.28. The molecule has 0 unspecified atom stereocenters. The summed E-state index contributed by atoms with van der Waals surface area (Å²) < 4.78 is 15.3. The Hall–Kier alpha value is -3.14. The van der Waals surface area contributed by atoms with Crippen LogP contribution in [0.15, 0.2) is 36.9 Å². The Morgan fingerprint density at radius 2 is 2.07 bits per heavy atom. The molecule has 138 valence electrons. The van der Waals surface area contributed by atoms with Crippen molar-refractivity contribution in [2.24, 2.45) is 11.8 Å². The van der Waals surface area contributed by atoms with Gasteiger partial charge in [-0.1, -0.05) is 12.1 Å². The number of carbonyl (C=O) groups excluding carboxylic acids is 1. The molecule has 2 aromatic heterocycles. The van der Waals surface area contributed by atoms with E-state index in [-0.39, 0.29) is 29.5 Å². The van der Waals surface area contributed by atoms with Crippen LogP contribution in [-0.2, 0) is 0 Å². The van der Waals surface area contributed by atoms with Gasteiger partial charge in [0.15, 0.2) is 0 Å². The van der Waals surface area contributed by atoms with Crippen molar-refractivity contribution in [1.29, 1.82) is 0 Å². The van der Waals surface area contributed by atoms with Crippen LogP contribution in [0.5, 0.6) is 0 Å². The first-order valence-electron chi connectivity index (χ1n) is 8.75. The molecule has 0 saturated carbocycles. The Kier molecular flexibility index (Phi) is 3.71. The van der Waals surface area contributed by atoms with Gasteiger partial charge in [-0.3, -0.25) is 14.5 Å². The zero-order chi connectivity index (χ0) is 18.4. The lowest BCUT2D eigenvalue weighted by molar-refractivity contribution is 0.0701. The van der Waals surface area contributed by atoms with Crippen molar-refractivity contribution in [1.82, 2.24) is 40.2 Å². The molecule has 3 atom stereocenters. The second kappa shape index (κ2) is 6.23. The van der Waals surface area contributed by atoms with Crippen molar-refractivity contribution in [3.05, 3.63) is 54.1 Å². The highest BCUT2D eigenvalue weighted by Gasteiger charge is 2.47. The number of aromatic amines is 1. The third-order valence-electron chi connectivity index (χ3n) is 5.34. The molecule has 2 N–H and O–H groups in total. The van der Waals surface area contributed by atoms with Crippen molar-refractivity contribution >= 4 is 5.91 Å². The fourth-order valence-corrected chi connectivity index (χ4v) is 4.15. The molecule has 1 aromatic carbocycles. The lowest BCUT2D eigenvalue weighted by Crippen LogP contribution is -2.35. The fraction of sp³-hybridized carbons (Fsp3) is 0.353. The Morgan fingerprint density at radius 3 is 2.89 bits per heavy atom. The molecule has 0 aliphatic carbocycles. The van der Waals surface area contributed by atoms with Gasteiger partial charge in [-0.15, -0.1) is 15.3 Å². The zero-order valence-electron chi connectivity index (χ0n) is 14.3. The van der Waals surface area contributed by atoms with E-state index in [1.165, 1.54) is 29.4 Å². The Morgan fingerprint density at radius 1 is 1.22 bits per heavy atom. The minimum absolute atomic E-state index is 0.146. The Bertz CT molecular complexity index is 971. The van der Waals surface area contributed by atoms with E-state index in [1.807, 2.05) is 6.07 Å². The largest absolute Gasteiger partial charge is 0.328 e. The molecule has 2 saturated heterocycles. The summed E-state index contributed by atoms with van der Waals surface area (Å²) in [5.41, 5.74) is 0.804. The maximum atomic E-state index is 13.8. The van der Waals surface area contributed by atoms with Crippen LogP contribution in [0.3, 0.4) is 0 Å². The maximum absolute atomic E-state index is 13.8. The first kappa shape index (κ1) is 16.1. The molecule has 2 fully saturated rings. The normalized spacial score (nSPS) is 24.3. The van der Waals surface area contributed by atoms with E-state index in [0.717, 1.165) is 18.7 Å². The van der Waals surface area contributed by atoms with Crippen LogP contribution in [-0.4, -0.2) is 60.4 Å². The summed E-state index contributed by atoms with van der Waals surface area (Å²) in [6.45, 7) is 2.25. The van der Waals surface area contributed by atoms with Gasteiger partial charge in [0.1, 0.15) is 18.5 Å². The van der Waals surface area contributed by atoms with E-state index >= 15 is 0 Å². The van der Waals surface area contributed by atoms with Crippen LogP contribution in [0.2, 0.25) is 0 Å². The zero-order valence-corrected chi connectivity index (χ0v) is 14.3. The second-order valence-electron chi connectivity index (χ2n) is 6.89. The van der Waals surface area contributed by atoms with Gasteiger partial charge in [-0.25, -0.2) is 4.39 Å². The number of likely N-dealkylation sites (tertiary alicyclic amines) is 1. The van der Waals surface area contributed by atoms with E-state index in [1.54, 1.807) is 11.0 Å². The third-order valence-corrected chi connectivity index (χ3v) is 5.34. The van der Waals surface area contributed by atoms with Gasteiger partial charge in [0.2, 0.25) is 5.82 Å². The van der Waals surface area contributed by atoms with Gasteiger partial charge in [-0.2, -0.15) is 4.98 Å². The highest BCUT2D eigenvalue weighted by Crippen LogP contribution is 2.43. The molecular formula is C17H17FN8O. The number of carbonyl (C=O) groups is 1. The van der Waals surface area contributed by atoms with Crippen LogP contribution in [0.1, 0.15) is 22.2 Å². The number of benzene rings is 1. The summed E-state index contributed by atoms with van der Waals surface area (Å²) in [7, 11) is 0. The van der Waals surface area contributed by atoms with Crippen LogP contribution in [0.25, 0.3) is 5.95 Å². The molecular weight excluding hydrogens is 351 g/mol. The molecule has 9 nitrogen and oxygen atoms in total. The van der Waals surface area contributed by atoms with Crippen LogP contribution in [0.4, 0.5) is 4.39 Å². The topological polar surface area (TPSA) is 105 Å². The summed E-state index contributed by atoms with van der Waals surface area (Å²) in [4.78, 5) is 19.2. The average Bonchev–Trinajstić information content (AvgIpc) is 3.44. The Balaban J connectivity index is 1.48. The summed E-state index contributed by atoms with van der Waals surface area (Å²) in [5, 5.41) is 17.6. The van der Waals surface area contributed by atoms with Crippen molar-refractivity contribution < 1.29 is 9.18 Å². The van der Waals surface area contributed by atoms with Gasteiger partial charge in [0.25, 0.3) is 11.9 Å². The van der Waals surface area contributed by atoms with Gasteiger partial charge in [0, 0.05) is 25.6 Å². The fourth-order valence-electron chi connectivity index (χ4n) is 4.15. The average molecular weight is 368 g/mol. The third kappa shape index (κ3) is 2.69. The summed E-state index contributed by atoms with van der Waals surface area (Å²) in [6.07, 6.45) is 2.91. The number of nitrogens with one attached hydrogen (secondary N) is 2. The first-order chi connectivity index (χ1) is 13.2. The molecule has 27 heavy (non-hydrogen) atoms. The molecule has 2 aliphatic heterocycles. The maximum Gasteiger partial charge on any atom is 0.291 e. The number of amides is 1. The van der Waals surface area contributed by atoms with Crippen molar-refractivity contribution in [2.45, 2.75) is 6.04 Å². The number of nitrogens with zero attached hydrogens (tertiary/aromatic N) is 6. The number of H-pyrrole nitrogens is 1. The molecule has 0 spiro atoms. The molecule has 1 amide bonds. The minimum Gasteiger partial charge on any atom is -0.328 e. The minimum atomic E-state index is -0.302. The second-order valence-corrected chi connectivity index (χ2v) is 6.89. The standard InChI is InChI=1S/C17H17FN8O/c18-12-3-1-2-10(4-12)14-13-6-19-5-11(13)7-26(14)16(27)15-22-17(24-23-15)25-8-20-21-9-25/h1-4,8-9,11,13-14,19H,5-7H2,(H,22,23,24)/t11-,13-,14-/m0/s1. The molecule has 0 radical (unpaired) electrons. The molecule has 4 heterocycles. The molecule has 3 aromatic rings. The number of fused-ring (bicyclic) bond motifs is 1. The van der Waals surface area contributed by atoms with E-state index in [4.69, 9.17) is 0 Å². The number of rotatable bonds is 3. The number of aromatic nitrogens is 6. The van der Waals surface area contributed by atoms with E-state index in [9.17, 15) is 9.18 Å². The van der Waals surface area contributed by atoms with Crippen molar-refractivity contribution in [3.63, 3.8) is 0 Å². The quantitative estimate of drug-likeness (QED) is 0.700. The van der Waals surface area contributed by atoms with Crippen LogP contribution < -0.4 is 5.32 Å². The summed E-state index contributed by atoms with van der Waals surface area (Å²) >= 11 is 0. The Labute approximate surface area is 153 Å². The van der Waals surface area contributed by atoms with Crippen molar-refractivity contribution in [3.8, 4) is 5.95 Å². The lowest BCUT2D eigenvalue weighted by atomic mass is 9.89. The van der Waals surface area contributed by atoms with Gasteiger partial charge >= 0.3 is 0 Å². The number of halogens is 1. The van der Waals surface area contributed by atoms with E-state index < -0.39 is 0 Å². The molecule has 0 bridgehead atoms. The van der Waals surface area contributed by atoms with E-state index in [2.05, 4.69) is 30.7 Å². The predicted octanol–water partition coefficient (Wildman–Crippen LogP) is 0.557. The van der Waals surface area contributed by atoms with Crippen LogP contribution in [0, 0.1) is 17.7 Å². The smallest absolute Gasteiger partial charge is 0.291 e. The summed E-state index contributed by atoms with van der Waals surface area (Å²) in [5.74, 6) is 0.479. The van der Waals surface area contributed by atoms with Gasteiger partial charge in [0.05, 0.1) is 6.04 Å². The SMILES string of the molecule is O=C(c1nc(-n2cnnc2)n[nH]1)N1C[C@@H]2CNC[C@@H]2[C@@H]1c1cccc(F)c1. The van der Waals surface area contributed by atoms with Gasteiger partial charge < -0.3 is 10.2 Å². The number of hydrogen-bond acceptors (Lipinski definition) is 6. The lowest BCUT2D eigenvalue weighted by Gasteiger charge is -2.27. The van der Waals surface area contributed by atoms with Gasteiger partial charge in [-0.05, 0) is 23.6 Å². The predicted molar refractivity (Wildman–Crippen MR) is 91.3 cm³/mol. The molecule has 10 heteroatoms.